The van der Waals surface area contributed by atoms with Gasteiger partial charge in [-0.05, 0) is 12.8 Å². The molecule has 0 saturated heterocycles. The van der Waals surface area contributed by atoms with E-state index in [4.69, 9.17) is 5.73 Å². The van der Waals surface area contributed by atoms with Crippen LogP contribution in [-0.4, -0.2) is 6.04 Å². The topological polar surface area (TPSA) is 26.0 Å². The van der Waals surface area contributed by atoms with Crippen molar-refractivity contribution in [2.45, 2.75) is 123 Å². The first-order valence-corrected chi connectivity index (χ1v) is 9.56. The third-order valence-corrected chi connectivity index (χ3v) is 4.45. The van der Waals surface area contributed by atoms with Gasteiger partial charge in [-0.25, -0.2) is 0 Å². The van der Waals surface area contributed by atoms with Gasteiger partial charge < -0.3 is 5.73 Å². The van der Waals surface area contributed by atoms with E-state index in [1.807, 2.05) is 0 Å². The molecule has 1 unspecified atom stereocenters. The zero-order valence-corrected chi connectivity index (χ0v) is 15.7. The monoisotopic (exact) mass is 319 g/mol. The second-order valence-corrected chi connectivity index (χ2v) is 6.55. The number of unbranched alkanes of at least 4 members (excludes halogenated alkanes) is 13. The van der Waals surface area contributed by atoms with Gasteiger partial charge in [-0.3, -0.25) is 0 Å². The molecular weight excluding hydrogens is 278 g/mol. The molecule has 0 bridgehead atoms. The number of halogens is 1. The summed E-state index contributed by atoms with van der Waals surface area (Å²) in [5.41, 5.74) is 5.92. The Labute approximate surface area is 141 Å². The highest BCUT2D eigenvalue weighted by molar-refractivity contribution is 5.85. The van der Waals surface area contributed by atoms with E-state index in [9.17, 15) is 0 Å². The molecule has 1 atom stereocenters. The molecule has 0 saturated carbocycles. The molecule has 0 spiro atoms. The quantitative estimate of drug-likeness (QED) is 0.304. The lowest BCUT2D eigenvalue weighted by Gasteiger charge is -2.07. The molecule has 0 aromatic rings. The molecule has 0 heterocycles. The van der Waals surface area contributed by atoms with Crippen LogP contribution in [0.4, 0.5) is 0 Å². The molecular formula is C19H42ClN. The summed E-state index contributed by atoms with van der Waals surface area (Å²) in [7, 11) is 0. The molecule has 0 aromatic carbocycles. The normalized spacial score (nSPS) is 12.1. The van der Waals surface area contributed by atoms with Gasteiger partial charge in [-0.15, -0.1) is 12.4 Å². The summed E-state index contributed by atoms with van der Waals surface area (Å²) >= 11 is 0. The molecule has 0 aliphatic rings. The van der Waals surface area contributed by atoms with Gasteiger partial charge in [-0.2, -0.15) is 0 Å². The average molecular weight is 320 g/mol. The lowest BCUT2D eigenvalue weighted by molar-refractivity contribution is 0.511. The third-order valence-electron chi connectivity index (χ3n) is 4.45. The first-order chi connectivity index (χ1) is 9.81. The number of hydrogen-bond donors (Lipinski definition) is 1. The van der Waals surface area contributed by atoms with Crippen LogP contribution in [0.15, 0.2) is 0 Å². The number of rotatable bonds is 16. The van der Waals surface area contributed by atoms with E-state index in [0.717, 1.165) is 6.42 Å². The molecule has 0 aromatic heterocycles. The largest absolute Gasteiger partial charge is 0.328 e. The van der Waals surface area contributed by atoms with Gasteiger partial charge in [0.15, 0.2) is 0 Å². The van der Waals surface area contributed by atoms with Crippen molar-refractivity contribution >= 4 is 12.4 Å². The lowest BCUT2D eigenvalue weighted by atomic mass is 10.0. The molecule has 0 radical (unpaired) electrons. The number of hydrogen-bond acceptors (Lipinski definition) is 1. The van der Waals surface area contributed by atoms with Gasteiger partial charge in [-0.1, -0.05) is 104 Å². The van der Waals surface area contributed by atoms with E-state index >= 15 is 0 Å². The van der Waals surface area contributed by atoms with E-state index in [1.165, 1.54) is 96.3 Å². The maximum atomic E-state index is 5.92. The summed E-state index contributed by atoms with van der Waals surface area (Å²) < 4.78 is 0. The summed E-state index contributed by atoms with van der Waals surface area (Å²) in [6, 6.07) is 0.451. The van der Waals surface area contributed by atoms with E-state index in [2.05, 4.69) is 13.8 Å². The molecule has 0 aliphatic carbocycles. The average Bonchev–Trinajstić information content (AvgIpc) is 2.47. The Morgan fingerprint density at radius 2 is 0.905 bits per heavy atom. The van der Waals surface area contributed by atoms with Crippen molar-refractivity contribution in [2.24, 2.45) is 5.73 Å². The first-order valence-electron chi connectivity index (χ1n) is 9.56. The summed E-state index contributed by atoms with van der Waals surface area (Å²) in [5, 5.41) is 0. The second-order valence-electron chi connectivity index (χ2n) is 6.55. The molecule has 0 aliphatic heterocycles. The fourth-order valence-corrected chi connectivity index (χ4v) is 2.81. The van der Waals surface area contributed by atoms with Crippen LogP contribution in [0, 0.1) is 0 Å². The van der Waals surface area contributed by atoms with Crippen LogP contribution in [0.2, 0.25) is 0 Å². The van der Waals surface area contributed by atoms with Crippen molar-refractivity contribution in [1.29, 1.82) is 0 Å². The standard InChI is InChI=1S/C19H41N.ClH/c1-3-5-6-7-8-9-10-11-12-13-14-15-16-17-18-19(20)4-2;/h19H,3-18,20H2,1-2H3;1H. The SMILES string of the molecule is CCCCCCCCCCCCCCCCC(N)CC.Cl. The number of nitrogens with two attached hydrogens (primary N) is 1. The van der Waals surface area contributed by atoms with Gasteiger partial charge >= 0.3 is 0 Å². The summed E-state index contributed by atoms with van der Waals surface area (Å²) in [5.74, 6) is 0. The van der Waals surface area contributed by atoms with Crippen molar-refractivity contribution in [2.75, 3.05) is 0 Å². The van der Waals surface area contributed by atoms with Gasteiger partial charge in [0.1, 0.15) is 0 Å². The van der Waals surface area contributed by atoms with Crippen LogP contribution >= 0.6 is 12.4 Å². The Hall–Kier alpha value is 0.250. The van der Waals surface area contributed by atoms with Crippen LogP contribution in [-0.2, 0) is 0 Å². The zero-order valence-electron chi connectivity index (χ0n) is 14.9. The predicted octanol–water partition coefficient (Wildman–Crippen LogP) is 7.02. The Kier molecular flexibility index (Phi) is 22.7. The maximum Gasteiger partial charge on any atom is 0.00362 e. The molecule has 0 fully saturated rings. The zero-order chi connectivity index (χ0) is 14.9. The van der Waals surface area contributed by atoms with Crippen LogP contribution in [0.5, 0.6) is 0 Å². The molecule has 0 rings (SSSR count). The molecule has 21 heavy (non-hydrogen) atoms. The molecule has 2 N–H and O–H groups in total. The van der Waals surface area contributed by atoms with Gasteiger partial charge in [0, 0.05) is 6.04 Å². The van der Waals surface area contributed by atoms with Crippen LogP contribution < -0.4 is 5.73 Å². The van der Waals surface area contributed by atoms with Gasteiger partial charge in [0.2, 0.25) is 0 Å². The van der Waals surface area contributed by atoms with Crippen molar-refractivity contribution in [3.63, 3.8) is 0 Å². The van der Waals surface area contributed by atoms with Crippen molar-refractivity contribution in [3.8, 4) is 0 Å². The fraction of sp³-hybridized carbons (Fsp3) is 1.00. The predicted molar refractivity (Wildman–Crippen MR) is 100 cm³/mol. The molecule has 1 nitrogen and oxygen atoms in total. The Bertz CT molecular complexity index is 173. The van der Waals surface area contributed by atoms with Gasteiger partial charge in [0.05, 0.1) is 0 Å². The summed E-state index contributed by atoms with van der Waals surface area (Å²) in [4.78, 5) is 0. The first kappa shape index (κ1) is 23.5. The van der Waals surface area contributed by atoms with E-state index in [0.29, 0.717) is 6.04 Å². The second kappa shape index (κ2) is 20.2. The summed E-state index contributed by atoms with van der Waals surface area (Å²) in [6.07, 6.45) is 22.5. The van der Waals surface area contributed by atoms with Gasteiger partial charge in [0.25, 0.3) is 0 Å². The highest BCUT2D eigenvalue weighted by atomic mass is 35.5. The van der Waals surface area contributed by atoms with E-state index in [-0.39, 0.29) is 12.4 Å². The fourth-order valence-electron chi connectivity index (χ4n) is 2.81. The van der Waals surface area contributed by atoms with Crippen molar-refractivity contribution in [1.82, 2.24) is 0 Å². The smallest absolute Gasteiger partial charge is 0.00362 e. The minimum atomic E-state index is 0. The van der Waals surface area contributed by atoms with Crippen LogP contribution in [0.3, 0.4) is 0 Å². The summed E-state index contributed by atoms with van der Waals surface area (Å²) in [6.45, 7) is 4.48. The Morgan fingerprint density at radius 3 is 1.24 bits per heavy atom. The minimum absolute atomic E-state index is 0. The highest BCUT2D eigenvalue weighted by Gasteiger charge is 1.98. The maximum absolute atomic E-state index is 5.92. The van der Waals surface area contributed by atoms with Crippen LogP contribution in [0.1, 0.15) is 117 Å². The van der Waals surface area contributed by atoms with Crippen molar-refractivity contribution < 1.29 is 0 Å². The Balaban J connectivity index is 0. The third kappa shape index (κ3) is 20.2. The Morgan fingerprint density at radius 1 is 0.571 bits per heavy atom. The molecule has 0 amide bonds. The lowest BCUT2D eigenvalue weighted by Crippen LogP contribution is -2.17. The van der Waals surface area contributed by atoms with E-state index in [1.54, 1.807) is 0 Å². The van der Waals surface area contributed by atoms with E-state index < -0.39 is 0 Å². The minimum Gasteiger partial charge on any atom is -0.328 e. The molecule has 130 valence electrons. The van der Waals surface area contributed by atoms with Crippen LogP contribution in [0.25, 0.3) is 0 Å². The highest BCUT2D eigenvalue weighted by Crippen LogP contribution is 2.13. The van der Waals surface area contributed by atoms with Crippen molar-refractivity contribution in [3.05, 3.63) is 0 Å². The molecule has 2 heteroatoms.